The minimum Gasteiger partial charge on any atom is -0.339 e. The van der Waals surface area contributed by atoms with E-state index < -0.39 is 17.7 Å². The van der Waals surface area contributed by atoms with E-state index in [0.717, 1.165) is 17.5 Å². The lowest BCUT2D eigenvalue weighted by molar-refractivity contribution is -0.131. The largest absolute Gasteiger partial charge is 0.339 e. The molecule has 1 aromatic carbocycles. The normalized spacial score (nSPS) is 12.2. The molecule has 1 unspecified atom stereocenters. The standard InChI is InChI=1S/C25H24N8O2/c1-27-22(19(14-26)24(35)32(2)15-18-10-6-7-12-28-18)23(34)30-21-11-13-33-16-20(29-25(33)31-21)17-8-4-3-5-9-17/h3-14,16,19,26H,15H2,1-2H3,(H,29,30,31,34). The zero-order valence-corrected chi connectivity index (χ0v) is 19.3. The summed E-state index contributed by atoms with van der Waals surface area (Å²) in [6.45, 7) is 0.241. The minimum atomic E-state index is -1.14. The molecule has 3 heterocycles. The van der Waals surface area contributed by atoms with Crippen LogP contribution in [-0.4, -0.2) is 62.1 Å². The molecule has 35 heavy (non-hydrogen) atoms. The third kappa shape index (κ3) is 5.27. The molecule has 10 heteroatoms. The van der Waals surface area contributed by atoms with Crippen molar-refractivity contribution < 1.29 is 9.59 Å². The van der Waals surface area contributed by atoms with E-state index in [4.69, 9.17) is 5.41 Å². The smallest absolute Gasteiger partial charge is 0.271 e. The first kappa shape index (κ1) is 23.4. The zero-order valence-electron chi connectivity index (χ0n) is 19.3. The molecule has 4 rings (SSSR count). The summed E-state index contributed by atoms with van der Waals surface area (Å²) in [5.41, 5.74) is 2.31. The second-order valence-electron chi connectivity index (χ2n) is 7.73. The molecular formula is C25H24N8O2. The van der Waals surface area contributed by atoms with Gasteiger partial charge in [0.1, 0.15) is 17.4 Å². The minimum absolute atomic E-state index is 0.0899. The van der Waals surface area contributed by atoms with Crippen LogP contribution >= 0.6 is 0 Å². The number of aromatic nitrogens is 4. The van der Waals surface area contributed by atoms with Crippen LogP contribution in [0.15, 0.2) is 78.2 Å². The van der Waals surface area contributed by atoms with Crippen LogP contribution in [0.2, 0.25) is 0 Å². The zero-order chi connectivity index (χ0) is 24.8. The van der Waals surface area contributed by atoms with Gasteiger partial charge in [0.15, 0.2) is 0 Å². The summed E-state index contributed by atoms with van der Waals surface area (Å²) in [5.74, 6) is -1.54. The van der Waals surface area contributed by atoms with Crippen LogP contribution < -0.4 is 5.32 Å². The molecule has 0 aliphatic rings. The van der Waals surface area contributed by atoms with Crippen molar-refractivity contribution in [3.8, 4) is 11.3 Å². The number of pyridine rings is 1. The lowest BCUT2D eigenvalue weighted by atomic mass is 10.0. The number of anilines is 1. The number of imidazole rings is 1. The molecule has 0 aliphatic heterocycles. The molecule has 2 N–H and O–H groups in total. The van der Waals surface area contributed by atoms with Crippen LogP contribution in [0.25, 0.3) is 17.0 Å². The van der Waals surface area contributed by atoms with Gasteiger partial charge in [0.2, 0.25) is 11.7 Å². The summed E-state index contributed by atoms with van der Waals surface area (Å²) < 4.78 is 1.75. The Kier molecular flexibility index (Phi) is 7.01. The fourth-order valence-corrected chi connectivity index (χ4v) is 3.57. The Hall–Kier alpha value is -4.73. The predicted molar refractivity (Wildman–Crippen MR) is 133 cm³/mol. The second kappa shape index (κ2) is 10.5. The third-order valence-corrected chi connectivity index (χ3v) is 5.34. The fraction of sp³-hybridized carbons (Fsp3) is 0.160. The lowest BCUT2D eigenvalue weighted by Crippen LogP contribution is -2.42. The van der Waals surface area contributed by atoms with Gasteiger partial charge in [-0.2, -0.15) is 4.98 Å². The van der Waals surface area contributed by atoms with Gasteiger partial charge in [-0.25, -0.2) is 4.98 Å². The molecule has 0 saturated carbocycles. The number of aliphatic imine (C=N–C) groups is 1. The van der Waals surface area contributed by atoms with Crippen LogP contribution in [0.4, 0.5) is 5.82 Å². The van der Waals surface area contributed by atoms with Gasteiger partial charge in [-0.3, -0.25) is 24.0 Å². The molecule has 0 spiro atoms. The molecular weight excluding hydrogens is 444 g/mol. The van der Waals surface area contributed by atoms with Crippen molar-refractivity contribution in [2.24, 2.45) is 10.9 Å². The van der Waals surface area contributed by atoms with E-state index in [1.54, 1.807) is 42.0 Å². The van der Waals surface area contributed by atoms with Gasteiger partial charge in [-0.15, -0.1) is 0 Å². The van der Waals surface area contributed by atoms with E-state index in [2.05, 4.69) is 25.3 Å². The molecule has 0 saturated heterocycles. The summed E-state index contributed by atoms with van der Waals surface area (Å²) in [7, 11) is 3.01. The first-order valence-corrected chi connectivity index (χ1v) is 10.8. The van der Waals surface area contributed by atoms with Crippen LogP contribution in [-0.2, 0) is 16.1 Å². The SMILES string of the molecule is CN=C(C(=O)Nc1ccn2cc(-c3ccccc3)nc2n1)C(C=N)C(=O)N(C)Cc1ccccn1. The number of hydrogen-bond donors (Lipinski definition) is 2. The van der Waals surface area contributed by atoms with Gasteiger partial charge in [0.25, 0.3) is 5.91 Å². The van der Waals surface area contributed by atoms with Crippen molar-refractivity contribution in [1.29, 1.82) is 5.41 Å². The number of rotatable bonds is 8. The van der Waals surface area contributed by atoms with Crippen LogP contribution in [0, 0.1) is 11.3 Å². The van der Waals surface area contributed by atoms with Crippen molar-refractivity contribution in [3.05, 3.63) is 78.9 Å². The van der Waals surface area contributed by atoms with Gasteiger partial charge in [-0.1, -0.05) is 36.4 Å². The van der Waals surface area contributed by atoms with E-state index in [1.807, 2.05) is 42.6 Å². The highest BCUT2D eigenvalue weighted by Gasteiger charge is 2.30. The van der Waals surface area contributed by atoms with Gasteiger partial charge in [-0.05, 0) is 18.2 Å². The van der Waals surface area contributed by atoms with Crippen LogP contribution in [0.3, 0.4) is 0 Å². The molecule has 3 aromatic heterocycles. The number of benzene rings is 1. The first-order chi connectivity index (χ1) is 17.0. The number of nitrogens with zero attached hydrogens (tertiary/aromatic N) is 6. The Labute approximate surface area is 201 Å². The maximum atomic E-state index is 13.0. The summed E-state index contributed by atoms with van der Waals surface area (Å²) >= 11 is 0. The molecule has 1 atom stereocenters. The Morgan fingerprint density at radius 3 is 2.60 bits per heavy atom. The fourth-order valence-electron chi connectivity index (χ4n) is 3.57. The first-order valence-electron chi connectivity index (χ1n) is 10.8. The maximum absolute atomic E-state index is 13.0. The van der Waals surface area contributed by atoms with Gasteiger partial charge in [0, 0.05) is 44.5 Å². The Bertz CT molecular complexity index is 1380. The van der Waals surface area contributed by atoms with Gasteiger partial charge in [0.05, 0.1) is 17.9 Å². The Balaban J connectivity index is 1.49. The van der Waals surface area contributed by atoms with E-state index >= 15 is 0 Å². The molecule has 4 aromatic rings. The van der Waals surface area contributed by atoms with Crippen molar-refractivity contribution in [1.82, 2.24) is 24.3 Å². The van der Waals surface area contributed by atoms with Gasteiger partial charge >= 0.3 is 0 Å². The molecule has 0 fully saturated rings. The highest BCUT2D eigenvalue weighted by Crippen LogP contribution is 2.19. The highest BCUT2D eigenvalue weighted by atomic mass is 16.2. The Morgan fingerprint density at radius 1 is 1.14 bits per heavy atom. The Morgan fingerprint density at radius 2 is 1.91 bits per heavy atom. The topological polar surface area (TPSA) is 129 Å². The van der Waals surface area contributed by atoms with Crippen LogP contribution in [0.5, 0.6) is 0 Å². The quantitative estimate of drug-likeness (QED) is 0.384. The molecule has 176 valence electrons. The molecule has 10 nitrogen and oxygen atoms in total. The third-order valence-electron chi connectivity index (χ3n) is 5.34. The maximum Gasteiger partial charge on any atom is 0.271 e. The number of fused-ring (bicyclic) bond motifs is 1. The van der Waals surface area contributed by atoms with Crippen molar-refractivity contribution >= 4 is 35.3 Å². The van der Waals surface area contributed by atoms with Crippen LogP contribution in [0.1, 0.15) is 5.69 Å². The monoisotopic (exact) mass is 468 g/mol. The average molecular weight is 469 g/mol. The van der Waals surface area contributed by atoms with E-state index in [1.165, 1.54) is 11.9 Å². The molecule has 2 amide bonds. The number of carbonyl (C=O) groups excluding carboxylic acids is 2. The number of amides is 2. The highest BCUT2D eigenvalue weighted by molar-refractivity contribution is 6.49. The molecule has 0 aliphatic carbocycles. The summed E-state index contributed by atoms with van der Waals surface area (Å²) in [5, 5.41) is 10.5. The van der Waals surface area contributed by atoms with E-state index in [-0.39, 0.29) is 18.1 Å². The summed E-state index contributed by atoms with van der Waals surface area (Å²) in [6.07, 6.45) is 6.14. The summed E-state index contributed by atoms with van der Waals surface area (Å²) in [4.78, 5) is 44.6. The van der Waals surface area contributed by atoms with Gasteiger partial charge < -0.3 is 15.6 Å². The molecule has 0 radical (unpaired) electrons. The summed E-state index contributed by atoms with van der Waals surface area (Å²) in [6, 6.07) is 16.7. The second-order valence-corrected chi connectivity index (χ2v) is 7.73. The van der Waals surface area contributed by atoms with E-state index in [9.17, 15) is 9.59 Å². The molecule has 0 bridgehead atoms. The lowest BCUT2D eigenvalue weighted by Gasteiger charge is -2.21. The van der Waals surface area contributed by atoms with Crippen molar-refractivity contribution in [2.75, 3.05) is 19.4 Å². The van der Waals surface area contributed by atoms with Crippen molar-refractivity contribution in [3.63, 3.8) is 0 Å². The van der Waals surface area contributed by atoms with E-state index in [0.29, 0.717) is 11.5 Å². The average Bonchev–Trinajstić information content (AvgIpc) is 3.31. The number of nitrogens with one attached hydrogen (secondary N) is 2. The predicted octanol–water partition coefficient (Wildman–Crippen LogP) is 2.72. The number of hydrogen-bond acceptors (Lipinski definition) is 7. The number of carbonyl (C=O) groups is 2. The van der Waals surface area contributed by atoms with Crippen molar-refractivity contribution in [2.45, 2.75) is 6.54 Å².